The number of amides is 1. The second-order valence-electron chi connectivity index (χ2n) is 6.33. The number of halogens is 1. The van der Waals surface area contributed by atoms with E-state index in [0.29, 0.717) is 5.02 Å². The Labute approximate surface area is 147 Å². The van der Waals surface area contributed by atoms with Gasteiger partial charge in [0.1, 0.15) is 0 Å². The highest BCUT2D eigenvalue weighted by atomic mass is 35.5. The molecule has 2 aromatic rings. The third kappa shape index (κ3) is 4.13. The summed E-state index contributed by atoms with van der Waals surface area (Å²) in [7, 11) is 2.10. The average Bonchev–Trinajstić information content (AvgIpc) is 2.62. The molecule has 1 saturated heterocycles. The number of hydrogen-bond donors (Lipinski definition) is 1. The van der Waals surface area contributed by atoms with Crippen molar-refractivity contribution in [2.45, 2.75) is 18.9 Å². The predicted molar refractivity (Wildman–Crippen MR) is 95.9 cm³/mol. The van der Waals surface area contributed by atoms with E-state index < -0.39 is 0 Å². The second kappa shape index (κ2) is 7.77. The van der Waals surface area contributed by atoms with Gasteiger partial charge < -0.3 is 10.2 Å². The van der Waals surface area contributed by atoms with Gasteiger partial charge in [-0.25, -0.2) is 0 Å². The lowest BCUT2D eigenvalue weighted by Gasteiger charge is -2.29. The molecule has 126 valence electrons. The Morgan fingerprint density at radius 3 is 2.54 bits per heavy atom. The zero-order chi connectivity index (χ0) is 16.9. The van der Waals surface area contributed by atoms with Crippen molar-refractivity contribution >= 4 is 17.5 Å². The molecule has 24 heavy (non-hydrogen) atoms. The minimum Gasteiger partial charge on any atom is -0.343 e. The van der Waals surface area contributed by atoms with E-state index in [2.05, 4.69) is 22.2 Å². The average molecular weight is 344 g/mol. The number of aromatic nitrogens is 1. The van der Waals surface area contributed by atoms with Crippen LogP contribution >= 0.6 is 11.6 Å². The van der Waals surface area contributed by atoms with E-state index in [9.17, 15) is 4.79 Å². The summed E-state index contributed by atoms with van der Waals surface area (Å²) in [5.74, 6) is 0.174. The van der Waals surface area contributed by atoms with Crippen molar-refractivity contribution in [3.63, 3.8) is 0 Å². The van der Waals surface area contributed by atoms with Gasteiger partial charge in [0.25, 0.3) is 0 Å². The van der Waals surface area contributed by atoms with E-state index in [1.807, 2.05) is 42.5 Å². The van der Waals surface area contributed by atoms with Crippen molar-refractivity contribution < 1.29 is 4.79 Å². The first-order valence-electron chi connectivity index (χ1n) is 8.29. The summed E-state index contributed by atoms with van der Waals surface area (Å²) in [5.41, 5.74) is 1.82. The molecule has 5 heteroatoms. The Balaban J connectivity index is 1.80. The van der Waals surface area contributed by atoms with Crippen LogP contribution < -0.4 is 5.32 Å². The van der Waals surface area contributed by atoms with Crippen LogP contribution in [0.25, 0.3) is 0 Å². The maximum Gasteiger partial charge on any atom is 0.224 e. The number of rotatable bonds is 4. The molecular weight excluding hydrogens is 322 g/mol. The van der Waals surface area contributed by atoms with Gasteiger partial charge in [0.15, 0.2) is 0 Å². The van der Waals surface area contributed by atoms with E-state index in [-0.39, 0.29) is 17.9 Å². The minimum atomic E-state index is -0.254. The van der Waals surface area contributed by atoms with Crippen molar-refractivity contribution in [3.8, 4) is 0 Å². The van der Waals surface area contributed by atoms with Gasteiger partial charge in [0, 0.05) is 17.1 Å². The summed E-state index contributed by atoms with van der Waals surface area (Å²) in [6.07, 6.45) is 3.55. The molecule has 1 amide bonds. The zero-order valence-electron chi connectivity index (χ0n) is 13.8. The molecule has 1 atom stereocenters. The van der Waals surface area contributed by atoms with Crippen LogP contribution in [0.2, 0.25) is 5.02 Å². The lowest BCUT2D eigenvalue weighted by Crippen LogP contribution is -2.40. The summed E-state index contributed by atoms with van der Waals surface area (Å²) in [6, 6.07) is 13.1. The van der Waals surface area contributed by atoms with Crippen LogP contribution in [0.5, 0.6) is 0 Å². The number of benzene rings is 1. The molecule has 0 spiro atoms. The highest BCUT2D eigenvalue weighted by molar-refractivity contribution is 6.30. The molecule has 0 bridgehead atoms. The molecule has 4 nitrogen and oxygen atoms in total. The monoisotopic (exact) mass is 343 g/mol. The van der Waals surface area contributed by atoms with Gasteiger partial charge in [0.2, 0.25) is 5.91 Å². The molecule has 1 aliphatic heterocycles. The van der Waals surface area contributed by atoms with Gasteiger partial charge >= 0.3 is 0 Å². The van der Waals surface area contributed by atoms with Crippen LogP contribution in [0.1, 0.15) is 30.1 Å². The SMILES string of the molecule is CN1CCC(C(=O)N[C@@H](c2ccc(Cl)cc2)c2ccccn2)CC1. The summed E-state index contributed by atoms with van der Waals surface area (Å²) in [6.45, 7) is 1.93. The van der Waals surface area contributed by atoms with Gasteiger partial charge in [0.05, 0.1) is 11.7 Å². The van der Waals surface area contributed by atoms with Crippen molar-refractivity contribution in [3.05, 3.63) is 64.9 Å². The topological polar surface area (TPSA) is 45.2 Å². The first kappa shape index (κ1) is 16.9. The third-order valence-electron chi connectivity index (χ3n) is 4.56. The number of pyridine rings is 1. The summed E-state index contributed by atoms with van der Waals surface area (Å²) in [4.78, 5) is 19.4. The molecule has 1 aromatic heterocycles. The largest absolute Gasteiger partial charge is 0.343 e. The maximum absolute atomic E-state index is 12.7. The molecule has 2 heterocycles. The van der Waals surface area contributed by atoms with Gasteiger partial charge in [-0.2, -0.15) is 0 Å². The van der Waals surface area contributed by atoms with Crippen LogP contribution in [0, 0.1) is 5.92 Å². The van der Waals surface area contributed by atoms with Crippen LogP contribution in [0.15, 0.2) is 48.7 Å². The van der Waals surface area contributed by atoms with Crippen molar-refractivity contribution in [2.24, 2.45) is 5.92 Å². The fraction of sp³-hybridized carbons (Fsp3) is 0.368. The number of piperidine rings is 1. The van der Waals surface area contributed by atoms with Gasteiger partial charge in [-0.1, -0.05) is 29.8 Å². The fourth-order valence-corrected chi connectivity index (χ4v) is 3.19. The predicted octanol–water partition coefficient (Wildman–Crippen LogP) is 3.28. The van der Waals surface area contributed by atoms with E-state index in [4.69, 9.17) is 11.6 Å². The first-order valence-corrected chi connectivity index (χ1v) is 8.66. The Kier molecular flexibility index (Phi) is 5.48. The fourth-order valence-electron chi connectivity index (χ4n) is 3.06. The molecule has 1 aromatic carbocycles. The van der Waals surface area contributed by atoms with Crippen LogP contribution in [0.3, 0.4) is 0 Å². The third-order valence-corrected chi connectivity index (χ3v) is 4.81. The summed E-state index contributed by atoms with van der Waals surface area (Å²) in [5, 5.41) is 3.87. The van der Waals surface area contributed by atoms with E-state index >= 15 is 0 Å². The Hall–Kier alpha value is -1.91. The second-order valence-corrected chi connectivity index (χ2v) is 6.76. The summed E-state index contributed by atoms with van der Waals surface area (Å²) < 4.78 is 0. The van der Waals surface area contributed by atoms with Crippen LogP contribution in [-0.2, 0) is 4.79 Å². The molecule has 1 aliphatic rings. The Bertz CT molecular complexity index is 667. The van der Waals surface area contributed by atoms with Crippen molar-refractivity contribution in [1.29, 1.82) is 0 Å². The Morgan fingerprint density at radius 2 is 1.92 bits per heavy atom. The molecule has 1 fully saturated rings. The zero-order valence-corrected chi connectivity index (χ0v) is 14.5. The molecule has 0 aliphatic carbocycles. The minimum absolute atomic E-state index is 0.0692. The number of likely N-dealkylation sites (tertiary alicyclic amines) is 1. The molecule has 0 radical (unpaired) electrons. The lowest BCUT2D eigenvalue weighted by molar-refractivity contribution is -0.126. The van der Waals surface area contributed by atoms with Crippen LogP contribution in [0.4, 0.5) is 0 Å². The lowest BCUT2D eigenvalue weighted by atomic mass is 9.94. The molecule has 1 N–H and O–H groups in total. The quantitative estimate of drug-likeness (QED) is 0.926. The Morgan fingerprint density at radius 1 is 1.21 bits per heavy atom. The molecule has 0 saturated carbocycles. The number of hydrogen-bond acceptors (Lipinski definition) is 3. The molecule has 0 unspecified atom stereocenters. The summed E-state index contributed by atoms with van der Waals surface area (Å²) >= 11 is 6.00. The number of carbonyl (C=O) groups is 1. The molecule has 3 rings (SSSR count). The van der Waals surface area contributed by atoms with Crippen molar-refractivity contribution in [2.75, 3.05) is 20.1 Å². The van der Waals surface area contributed by atoms with Gasteiger partial charge in [-0.3, -0.25) is 9.78 Å². The van der Waals surface area contributed by atoms with Gasteiger partial charge in [-0.15, -0.1) is 0 Å². The van der Waals surface area contributed by atoms with Gasteiger partial charge in [-0.05, 0) is 62.8 Å². The standard InChI is InChI=1S/C19H22ClN3O/c1-23-12-9-15(10-13-23)19(24)22-18(17-4-2-3-11-21-17)14-5-7-16(20)8-6-14/h2-8,11,15,18H,9-10,12-13H2,1H3,(H,22,24)/t18-/m0/s1. The highest BCUT2D eigenvalue weighted by Crippen LogP contribution is 2.24. The molecular formula is C19H22ClN3O. The maximum atomic E-state index is 12.7. The van der Waals surface area contributed by atoms with E-state index in [0.717, 1.165) is 37.2 Å². The first-order chi connectivity index (χ1) is 11.6. The number of nitrogens with zero attached hydrogens (tertiary/aromatic N) is 2. The number of nitrogens with one attached hydrogen (secondary N) is 1. The highest BCUT2D eigenvalue weighted by Gasteiger charge is 2.26. The normalized spacial score (nSPS) is 17.4. The van der Waals surface area contributed by atoms with Crippen LogP contribution in [-0.4, -0.2) is 35.9 Å². The smallest absolute Gasteiger partial charge is 0.224 e. The van der Waals surface area contributed by atoms with E-state index in [1.165, 1.54) is 0 Å². The van der Waals surface area contributed by atoms with E-state index in [1.54, 1.807) is 6.20 Å². The number of carbonyl (C=O) groups excluding carboxylic acids is 1. The van der Waals surface area contributed by atoms with Crippen molar-refractivity contribution in [1.82, 2.24) is 15.2 Å².